The van der Waals surface area contributed by atoms with Crippen molar-refractivity contribution >= 4 is 17.3 Å². The zero-order valence-corrected chi connectivity index (χ0v) is 10.9. The summed E-state index contributed by atoms with van der Waals surface area (Å²) in [5.41, 5.74) is 0.00445. The van der Waals surface area contributed by atoms with Crippen LogP contribution in [0.15, 0.2) is 18.2 Å². The standard InChI is InChI=1S/C12H15F2N3O3/c1-2-5-15-9-4-3-8(6-10(9)17(19)20)12(18)16-7-11(13)14/h3-4,6,11,15H,2,5,7H2,1H3,(H,16,18). The lowest BCUT2D eigenvalue weighted by atomic mass is 10.1. The highest BCUT2D eigenvalue weighted by atomic mass is 19.3. The third-order valence-electron chi connectivity index (χ3n) is 2.44. The highest BCUT2D eigenvalue weighted by molar-refractivity contribution is 5.95. The van der Waals surface area contributed by atoms with Crippen LogP contribution in [0, 0.1) is 10.1 Å². The van der Waals surface area contributed by atoms with Gasteiger partial charge in [-0.15, -0.1) is 0 Å². The summed E-state index contributed by atoms with van der Waals surface area (Å²) in [6.07, 6.45) is -1.88. The molecule has 2 N–H and O–H groups in total. The Balaban J connectivity index is 2.92. The number of hydrogen-bond donors (Lipinski definition) is 2. The Morgan fingerprint density at radius 1 is 1.45 bits per heavy atom. The highest BCUT2D eigenvalue weighted by Gasteiger charge is 2.17. The monoisotopic (exact) mass is 287 g/mol. The molecule has 1 aromatic rings. The molecule has 0 aliphatic rings. The second kappa shape index (κ2) is 7.37. The Morgan fingerprint density at radius 3 is 2.70 bits per heavy atom. The molecule has 0 spiro atoms. The number of nitrogens with one attached hydrogen (secondary N) is 2. The number of nitro benzene ring substituents is 1. The van der Waals surface area contributed by atoms with Gasteiger partial charge < -0.3 is 10.6 Å². The number of hydrogen-bond acceptors (Lipinski definition) is 4. The lowest BCUT2D eigenvalue weighted by molar-refractivity contribution is -0.384. The first kappa shape index (κ1) is 15.8. The molecule has 0 fully saturated rings. The van der Waals surface area contributed by atoms with Gasteiger partial charge in [-0.05, 0) is 18.6 Å². The Kier molecular flexibility index (Phi) is 5.82. The van der Waals surface area contributed by atoms with Gasteiger partial charge in [0.05, 0.1) is 11.5 Å². The largest absolute Gasteiger partial charge is 0.380 e. The Bertz CT molecular complexity index is 495. The van der Waals surface area contributed by atoms with Gasteiger partial charge in [0.25, 0.3) is 18.0 Å². The smallest absolute Gasteiger partial charge is 0.293 e. The average Bonchev–Trinajstić information content (AvgIpc) is 2.42. The molecule has 0 aliphatic heterocycles. The molecule has 0 heterocycles. The fourth-order valence-corrected chi connectivity index (χ4v) is 1.51. The summed E-state index contributed by atoms with van der Waals surface area (Å²) < 4.78 is 24.0. The first-order valence-electron chi connectivity index (χ1n) is 6.04. The molecule has 0 bridgehead atoms. The van der Waals surface area contributed by atoms with Crippen molar-refractivity contribution in [2.45, 2.75) is 19.8 Å². The van der Waals surface area contributed by atoms with E-state index in [0.717, 1.165) is 12.5 Å². The molecule has 1 amide bonds. The van der Waals surface area contributed by atoms with Crippen LogP contribution in [0.5, 0.6) is 0 Å². The maximum absolute atomic E-state index is 12.0. The molecule has 1 rings (SSSR count). The van der Waals surface area contributed by atoms with Gasteiger partial charge in [-0.1, -0.05) is 6.92 Å². The molecule has 0 atom stereocenters. The van der Waals surface area contributed by atoms with Crippen LogP contribution in [0.3, 0.4) is 0 Å². The molecule has 110 valence electrons. The van der Waals surface area contributed by atoms with E-state index in [4.69, 9.17) is 0 Å². The van der Waals surface area contributed by atoms with Gasteiger partial charge in [0, 0.05) is 18.2 Å². The quantitative estimate of drug-likeness (QED) is 0.596. The second-order valence-corrected chi connectivity index (χ2v) is 4.02. The molecule has 20 heavy (non-hydrogen) atoms. The number of carbonyl (C=O) groups is 1. The minimum atomic E-state index is -2.67. The second-order valence-electron chi connectivity index (χ2n) is 4.02. The molecular formula is C12H15F2N3O3. The van der Waals surface area contributed by atoms with Crippen molar-refractivity contribution in [3.63, 3.8) is 0 Å². The Labute approximate surface area is 114 Å². The highest BCUT2D eigenvalue weighted by Crippen LogP contribution is 2.25. The van der Waals surface area contributed by atoms with Gasteiger partial charge >= 0.3 is 0 Å². The first-order valence-corrected chi connectivity index (χ1v) is 6.04. The molecule has 0 aliphatic carbocycles. The maximum Gasteiger partial charge on any atom is 0.293 e. The average molecular weight is 287 g/mol. The molecule has 6 nitrogen and oxygen atoms in total. The van der Waals surface area contributed by atoms with Crippen molar-refractivity contribution in [2.75, 3.05) is 18.4 Å². The molecule has 0 saturated carbocycles. The van der Waals surface area contributed by atoms with Gasteiger partial charge in [-0.25, -0.2) is 8.78 Å². The molecule has 0 unspecified atom stereocenters. The van der Waals surface area contributed by atoms with Crippen LogP contribution in [0.4, 0.5) is 20.2 Å². The zero-order valence-electron chi connectivity index (χ0n) is 10.9. The fraction of sp³-hybridized carbons (Fsp3) is 0.417. The van der Waals surface area contributed by atoms with Gasteiger partial charge in [-0.3, -0.25) is 14.9 Å². The van der Waals surface area contributed by atoms with Gasteiger partial charge in [0.1, 0.15) is 5.69 Å². The predicted molar refractivity (Wildman–Crippen MR) is 70.2 cm³/mol. The molecule has 0 saturated heterocycles. The number of amides is 1. The van der Waals surface area contributed by atoms with Crippen molar-refractivity contribution < 1.29 is 18.5 Å². The number of nitro groups is 1. The number of nitrogens with zero attached hydrogens (tertiary/aromatic N) is 1. The summed E-state index contributed by atoms with van der Waals surface area (Å²) in [6, 6.07) is 3.82. The third kappa shape index (κ3) is 4.45. The number of carbonyl (C=O) groups excluding carboxylic acids is 1. The summed E-state index contributed by atoms with van der Waals surface area (Å²) in [6.45, 7) is 1.67. The zero-order chi connectivity index (χ0) is 15.1. The van der Waals surface area contributed by atoms with E-state index in [1.54, 1.807) is 0 Å². The van der Waals surface area contributed by atoms with Crippen molar-refractivity contribution in [1.29, 1.82) is 0 Å². The minimum absolute atomic E-state index is 0.0283. The summed E-state index contributed by atoms with van der Waals surface area (Å²) in [7, 11) is 0. The summed E-state index contributed by atoms with van der Waals surface area (Å²) in [5, 5.41) is 15.8. The minimum Gasteiger partial charge on any atom is -0.380 e. The van der Waals surface area contributed by atoms with Crippen LogP contribution >= 0.6 is 0 Å². The van der Waals surface area contributed by atoms with E-state index >= 15 is 0 Å². The van der Waals surface area contributed by atoms with Crippen LogP contribution in [0.2, 0.25) is 0 Å². The van der Waals surface area contributed by atoms with Crippen molar-refractivity contribution in [3.05, 3.63) is 33.9 Å². The maximum atomic E-state index is 12.0. The first-order chi connectivity index (χ1) is 9.45. The van der Waals surface area contributed by atoms with Crippen molar-refractivity contribution in [1.82, 2.24) is 5.32 Å². The van der Waals surface area contributed by atoms with Crippen LogP contribution < -0.4 is 10.6 Å². The Hall–Kier alpha value is -2.25. The van der Waals surface area contributed by atoms with Crippen LogP contribution in [-0.2, 0) is 0 Å². The summed E-state index contributed by atoms with van der Waals surface area (Å²) in [4.78, 5) is 21.9. The van der Waals surface area contributed by atoms with Crippen LogP contribution in [-0.4, -0.2) is 30.3 Å². The SMILES string of the molecule is CCCNc1ccc(C(=O)NCC(F)F)cc1[N+](=O)[O-]. The number of benzene rings is 1. The van der Waals surface area contributed by atoms with Crippen LogP contribution in [0.1, 0.15) is 23.7 Å². The molecule has 0 aromatic heterocycles. The number of anilines is 1. The molecular weight excluding hydrogens is 272 g/mol. The number of rotatable bonds is 7. The van der Waals surface area contributed by atoms with Gasteiger partial charge in [-0.2, -0.15) is 0 Å². The van der Waals surface area contributed by atoms with E-state index in [1.165, 1.54) is 12.1 Å². The van der Waals surface area contributed by atoms with E-state index in [0.29, 0.717) is 12.2 Å². The van der Waals surface area contributed by atoms with Gasteiger partial charge in [0.2, 0.25) is 0 Å². The number of alkyl halides is 2. The topological polar surface area (TPSA) is 84.3 Å². The van der Waals surface area contributed by atoms with Crippen molar-refractivity contribution in [3.8, 4) is 0 Å². The number of halogens is 2. The molecule has 8 heteroatoms. The lowest BCUT2D eigenvalue weighted by Gasteiger charge is -2.08. The van der Waals surface area contributed by atoms with E-state index in [-0.39, 0.29) is 11.3 Å². The van der Waals surface area contributed by atoms with E-state index in [9.17, 15) is 23.7 Å². The Morgan fingerprint density at radius 2 is 2.15 bits per heavy atom. The third-order valence-corrected chi connectivity index (χ3v) is 2.44. The fourth-order valence-electron chi connectivity index (χ4n) is 1.51. The molecule has 0 radical (unpaired) electrons. The molecule has 1 aromatic carbocycles. The van der Waals surface area contributed by atoms with E-state index in [2.05, 4.69) is 5.32 Å². The van der Waals surface area contributed by atoms with Crippen LogP contribution in [0.25, 0.3) is 0 Å². The lowest BCUT2D eigenvalue weighted by Crippen LogP contribution is -2.28. The predicted octanol–water partition coefficient (Wildman–Crippen LogP) is 2.41. The van der Waals surface area contributed by atoms with E-state index < -0.39 is 23.8 Å². The summed E-state index contributed by atoms with van der Waals surface area (Å²) >= 11 is 0. The summed E-state index contributed by atoms with van der Waals surface area (Å²) in [5.74, 6) is -0.768. The normalized spacial score (nSPS) is 10.4. The van der Waals surface area contributed by atoms with Crippen molar-refractivity contribution in [2.24, 2.45) is 0 Å². The van der Waals surface area contributed by atoms with Gasteiger partial charge in [0.15, 0.2) is 0 Å². The van der Waals surface area contributed by atoms with E-state index in [1.807, 2.05) is 12.2 Å².